The molecule has 1 fully saturated rings. The summed E-state index contributed by atoms with van der Waals surface area (Å²) in [7, 11) is 0. The van der Waals surface area contributed by atoms with Gasteiger partial charge in [-0.2, -0.15) is 0 Å². The van der Waals surface area contributed by atoms with Crippen LogP contribution in [0.2, 0.25) is 0 Å². The van der Waals surface area contributed by atoms with E-state index in [2.05, 4.69) is 16.8 Å². The van der Waals surface area contributed by atoms with Crippen molar-refractivity contribution in [2.24, 2.45) is 10.7 Å². The van der Waals surface area contributed by atoms with Crippen LogP contribution in [0.5, 0.6) is 0 Å². The van der Waals surface area contributed by atoms with E-state index in [-0.39, 0.29) is 0 Å². The standard InChI is InChI=1S/C12H25N3O/c1-3-15(9-10-16-4-2)12(13)14-11-7-5-6-8-11/h11H,3-10H2,1-2H3,(H2,13,14). The topological polar surface area (TPSA) is 50.9 Å². The zero-order valence-electron chi connectivity index (χ0n) is 10.6. The summed E-state index contributed by atoms with van der Waals surface area (Å²) in [4.78, 5) is 6.68. The van der Waals surface area contributed by atoms with E-state index in [4.69, 9.17) is 10.5 Å². The number of guanidine groups is 1. The Morgan fingerprint density at radius 1 is 1.38 bits per heavy atom. The highest BCUT2D eigenvalue weighted by Gasteiger charge is 2.15. The van der Waals surface area contributed by atoms with Gasteiger partial charge in [-0.1, -0.05) is 12.8 Å². The molecule has 94 valence electrons. The number of aliphatic imine (C=N–C) groups is 1. The number of ether oxygens (including phenoxy) is 1. The molecule has 4 heteroatoms. The molecule has 2 N–H and O–H groups in total. The van der Waals surface area contributed by atoms with Crippen LogP contribution < -0.4 is 5.73 Å². The molecule has 0 aromatic rings. The van der Waals surface area contributed by atoms with Gasteiger partial charge in [0.15, 0.2) is 5.96 Å². The summed E-state index contributed by atoms with van der Waals surface area (Å²) in [6.07, 6.45) is 4.99. The normalized spacial score (nSPS) is 18.0. The van der Waals surface area contributed by atoms with E-state index in [9.17, 15) is 0 Å². The third kappa shape index (κ3) is 4.39. The molecule has 0 heterocycles. The first-order valence-electron chi connectivity index (χ1n) is 6.43. The summed E-state index contributed by atoms with van der Waals surface area (Å²) in [6, 6.07) is 0.459. The largest absolute Gasteiger partial charge is 0.380 e. The number of hydrogen-bond acceptors (Lipinski definition) is 2. The molecule has 1 aliphatic carbocycles. The fourth-order valence-electron chi connectivity index (χ4n) is 2.06. The average molecular weight is 227 g/mol. The Kier molecular flexibility index (Phi) is 6.23. The molecule has 1 saturated carbocycles. The van der Waals surface area contributed by atoms with E-state index < -0.39 is 0 Å². The van der Waals surface area contributed by atoms with Gasteiger partial charge in [0, 0.05) is 19.7 Å². The third-order valence-electron chi connectivity index (χ3n) is 3.05. The van der Waals surface area contributed by atoms with Gasteiger partial charge in [-0.15, -0.1) is 0 Å². The van der Waals surface area contributed by atoms with Crippen molar-refractivity contribution < 1.29 is 4.74 Å². The monoisotopic (exact) mass is 227 g/mol. The predicted molar refractivity (Wildman–Crippen MR) is 67.6 cm³/mol. The van der Waals surface area contributed by atoms with E-state index >= 15 is 0 Å². The van der Waals surface area contributed by atoms with Crippen LogP contribution in [0.4, 0.5) is 0 Å². The Bertz CT molecular complexity index is 212. The lowest BCUT2D eigenvalue weighted by molar-refractivity contribution is 0.133. The quantitative estimate of drug-likeness (QED) is 0.426. The lowest BCUT2D eigenvalue weighted by Crippen LogP contribution is -2.40. The maximum Gasteiger partial charge on any atom is 0.191 e. The number of likely N-dealkylation sites (N-methyl/N-ethyl adjacent to an activating group) is 1. The first-order chi connectivity index (χ1) is 7.77. The SMILES string of the molecule is CCOCCN(CC)C(N)=NC1CCCC1. The van der Waals surface area contributed by atoms with Crippen LogP contribution in [-0.2, 0) is 4.74 Å². The van der Waals surface area contributed by atoms with Gasteiger partial charge < -0.3 is 15.4 Å². The van der Waals surface area contributed by atoms with Crippen LogP contribution in [0.1, 0.15) is 39.5 Å². The van der Waals surface area contributed by atoms with Gasteiger partial charge in [-0.3, -0.25) is 0 Å². The van der Waals surface area contributed by atoms with Gasteiger partial charge in [-0.25, -0.2) is 4.99 Å². The molecule has 1 rings (SSSR count). The molecule has 0 radical (unpaired) electrons. The van der Waals surface area contributed by atoms with Crippen LogP contribution in [-0.4, -0.2) is 43.2 Å². The molecule has 0 aromatic carbocycles. The molecule has 0 saturated heterocycles. The Morgan fingerprint density at radius 2 is 2.06 bits per heavy atom. The molecule has 4 nitrogen and oxygen atoms in total. The number of rotatable bonds is 6. The molecule has 1 aliphatic rings. The molecule has 0 aliphatic heterocycles. The summed E-state index contributed by atoms with van der Waals surface area (Å²) in [5.74, 6) is 0.689. The smallest absolute Gasteiger partial charge is 0.191 e. The van der Waals surface area contributed by atoms with Crippen molar-refractivity contribution in [3.05, 3.63) is 0 Å². The summed E-state index contributed by atoms with van der Waals surface area (Å²) in [5.41, 5.74) is 6.01. The van der Waals surface area contributed by atoms with E-state index in [0.29, 0.717) is 12.0 Å². The van der Waals surface area contributed by atoms with Gasteiger partial charge in [0.2, 0.25) is 0 Å². The first kappa shape index (κ1) is 13.3. The van der Waals surface area contributed by atoms with Crippen LogP contribution in [0, 0.1) is 0 Å². The van der Waals surface area contributed by atoms with Gasteiger partial charge in [0.05, 0.1) is 12.6 Å². The van der Waals surface area contributed by atoms with Crippen molar-refractivity contribution in [3.8, 4) is 0 Å². The summed E-state index contributed by atoms with van der Waals surface area (Å²) < 4.78 is 5.33. The maximum absolute atomic E-state index is 6.01. The molecule has 0 bridgehead atoms. The van der Waals surface area contributed by atoms with Gasteiger partial charge in [-0.05, 0) is 26.7 Å². The molecule has 0 unspecified atom stereocenters. The minimum Gasteiger partial charge on any atom is -0.380 e. The van der Waals surface area contributed by atoms with Crippen LogP contribution in [0.3, 0.4) is 0 Å². The van der Waals surface area contributed by atoms with Gasteiger partial charge in [0.25, 0.3) is 0 Å². The molecule has 0 atom stereocenters. The fourth-order valence-corrected chi connectivity index (χ4v) is 2.06. The Labute approximate surface area is 98.9 Å². The highest BCUT2D eigenvalue weighted by Crippen LogP contribution is 2.20. The minimum atomic E-state index is 0.459. The van der Waals surface area contributed by atoms with Gasteiger partial charge in [0.1, 0.15) is 0 Å². The van der Waals surface area contributed by atoms with Crippen LogP contribution >= 0.6 is 0 Å². The number of nitrogens with two attached hydrogens (primary N) is 1. The summed E-state index contributed by atoms with van der Waals surface area (Å²) >= 11 is 0. The van der Waals surface area contributed by atoms with E-state index in [0.717, 1.165) is 26.3 Å². The minimum absolute atomic E-state index is 0.459. The second-order valence-electron chi connectivity index (χ2n) is 4.20. The van der Waals surface area contributed by atoms with Crippen molar-refractivity contribution in [2.75, 3.05) is 26.3 Å². The highest BCUT2D eigenvalue weighted by atomic mass is 16.5. The predicted octanol–water partition coefficient (Wildman–Crippen LogP) is 1.60. The van der Waals surface area contributed by atoms with E-state index in [1.54, 1.807) is 0 Å². The molecule has 0 spiro atoms. The van der Waals surface area contributed by atoms with Gasteiger partial charge >= 0.3 is 0 Å². The highest BCUT2D eigenvalue weighted by molar-refractivity contribution is 5.78. The summed E-state index contributed by atoms with van der Waals surface area (Å²) in [6.45, 7) is 7.33. The lowest BCUT2D eigenvalue weighted by Gasteiger charge is -2.22. The second kappa shape index (κ2) is 7.49. The van der Waals surface area contributed by atoms with Crippen molar-refractivity contribution in [2.45, 2.75) is 45.6 Å². The van der Waals surface area contributed by atoms with Crippen LogP contribution in [0.25, 0.3) is 0 Å². The Hall–Kier alpha value is -0.770. The van der Waals surface area contributed by atoms with Crippen molar-refractivity contribution in [1.82, 2.24) is 4.90 Å². The van der Waals surface area contributed by atoms with Crippen molar-refractivity contribution >= 4 is 5.96 Å². The molecule has 0 amide bonds. The Morgan fingerprint density at radius 3 is 2.62 bits per heavy atom. The first-order valence-corrected chi connectivity index (χ1v) is 6.43. The van der Waals surface area contributed by atoms with Crippen molar-refractivity contribution in [3.63, 3.8) is 0 Å². The second-order valence-corrected chi connectivity index (χ2v) is 4.20. The van der Waals surface area contributed by atoms with Crippen molar-refractivity contribution in [1.29, 1.82) is 0 Å². The van der Waals surface area contributed by atoms with Crippen LogP contribution in [0.15, 0.2) is 4.99 Å². The zero-order chi connectivity index (χ0) is 11.8. The number of hydrogen-bond donors (Lipinski definition) is 1. The molecule has 0 aromatic heterocycles. The fraction of sp³-hybridized carbons (Fsp3) is 0.917. The maximum atomic E-state index is 6.01. The van der Waals surface area contributed by atoms with E-state index in [1.165, 1.54) is 25.7 Å². The molecular weight excluding hydrogens is 202 g/mol. The molecular formula is C12H25N3O. The van der Waals surface area contributed by atoms with E-state index in [1.807, 2.05) is 6.92 Å². The lowest BCUT2D eigenvalue weighted by atomic mass is 10.3. The third-order valence-corrected chi connectivity index (χ3v) is 3.05. The Balaban J connectivity index is 2.37. The zero-order valence-corrected chi connectivity index (χ0v) is 10.6. The summed E-state index contributed by atoms with van der Waals surface area (Å²) in [5, 5.41) is 0. The average Bonchev–Trinajstić information content (AvgIpc) is 2.77. The number of nitrogens with zero attached hydrogens (tertiary/aromatic N) is 2. The molecule has 16 heavy (non-hydrogen) atoms.